The van der Waals surface area contributed by atoms with Crippen LogP contribution in [0.1, 0.15) is 24.8 Å². The fraction of sp³-hybridized carbons (Fsp3) is 0.318. The second-order valence-corrected chi connectivity index (χ2v) is 6.97. The Bertz CT molecular complexity index is 936. The molecule has 0 bridgehead atoms. The van der Waals surface area contributed by atoms with E-state index in [4.69, 9.17) is 20.9 Å². The molecule has 0 heterocycles. The lowest BCUT2D eigenvalue weighted by Crippen LogP contribution is -2.42. The molecule has 3 rings (SSSR count). The second-order valence-electron chi connectivity index (χ2n) is 6.97. The van der Waals surface area contributed by atoms with Crippen LogP contribution in [0.5, 0.6) is 11.5 Å². The molecule has 29 heavy (non-hydrogen) atoms. The van der Waals surface area contributed by atoms with Crippen LogP contribution in [0.25, 0.3) is 16.8 Å². The van der Waals surface area contributed by atoms with Gasteiger partial charge in [-0.25, -0.2) is 0 Å². The molecule has 2 aromatic carbocycles. The second kappa shape index (κ2) is 8.77. The molecule has 7 heteroatoms. The summed E-state index contributed by atoms with van der Waals surface area (Å²) in [6.07, 6.45) is 3.11. The van der Waals surface area contributed by atoms with E-state index < -0.39 is 0 Å². The molecule has 1 aliphatic rings. The lowest BCUT2D eigenvalue weighted by atomic mass is 9.93. The molecule has 0 spiro atoms. The summed E-state index contributed by atoms with van der Waals surface area (Å²) >= 11 is 0. The van der Waals surface area contributed by atoms with Gasteiger partial charge in [-0.1, -0.05) is 18.2 Å². The number of carbonyl (C=O) groups excluding carboxylic acids is 1. The van der Waals surface area contributed by atoms with Gasteiger partial charge in [0.1, 0.15) is 17.2 Å². The minimum atomic E-state index is -0.286. The Morgan fingerprint density at radius 2 is 1.86 bits per heavy atom. The van der Waals surface area contributed by atoms with E-state index in [1.54, 1.807) is 27.3 Å². The third kappa shape index (κ3) is 4.08. The number of anilines is 1. The Morgan fingerprint density at radius 3 is 2.45 bits per heavy atom. The SMILES string of the molecule is CN/C(=C(/N)C(=O)NC1CCC1)c1cccc(-c2ccc(OC)cc2OC)c1N. The van der Waals surface area contributed by atoms with Crippen molar-refractivity contribution in [3.8, 4) is 22.6 Å². The molecule has 1 amide bonds. The third-order valence-corrected chi connectivity index (χ3v) is 5.28. The summed E-state index contributed by atoms with van der Waals surface area (Å²) in [5.41, 5.74) is 16.1. The van der Waals surface area contributed by atoms with Crippen LogP contribution in [-0.4, -0.2) is 33.2 Å². The quantitative estimate of drug-likeness (QED) is 0.423. The van der Waals surface area contributed by atoms with E-state index in [9.17, 15) is 4.79 Å². The van der Waals surface area contributed by atoms with E-state index in [0.717, 1.165) is 30.4 Å². The maximum Gasteiger partial charge on any atom is 0.269 e. The van der Waals surface area contributed by atoms with Crippen LogP contribution >= 0.6 is 0 Å². The smallest absolute Gasteiger partial charge is 0.269 e. The molecule has 7 nitrogen and oxygen atoms in total. The molecular weight excluding hydrogens is 368 g/mol. The predicted molar refractivity (Wildman–Crippen MR) is 115 cm³/mol. The number of methoxy groups -OCH3 is 2. The Balaban J connectivity index is 2.03. The van der Waals surface area contributed by atoms with Gasteiger partial charge in [0, 0.05) is 41.5 Å². The van der Waals surface area contributed by atoms with E-state index >= 15 is 0 Å². The number of nitrogens with one attached hydrogen (secondary N) is 2. The topological polar surface area (TPSA) is 112 Å². The number of hydrogen-bond donors (Lipinski definition) is 4. The average Bonchev–Trinajstić information content (AvgIpc) is 2.71. The molecular formula is C22H28N4O3. The highest BCUT2D eigenvalue weighted by molar-refractivity contribution is 6.02. The summed E-state index contributed by atoms with van der Waals surface area (Å²) in [4.78, 5) is 12.5. The molecule has 2 aromatic rings. The number of hydrogen-bond acceptors (Lipinski definition) is 6. The van der Waals surface area contributed by atoms with Crippen LogP contribution in [-0.2, 0) is 4.79 Å². The first-order chi connectivity index (χ1) is 14.0. The number of amides is 1. The fourth-order valence-electron chi connectivity index (χ4n) is 3.38. The lowest BCUT2D eigenvalue weighted by molar-refractivity contribution is -0.118. The van der Waals surface area contributed by atoms with Gasteiger partial charge < -0.3 is 31.6 Å². The van der Waals surface area contributed by atoms with Gasteiger partial charge in [0.05, 0.1) is 19.9 Å². The van der Waals surface area contributed by atoms with E-state index in [-0.39, 0.29) is 17.6 Å². The number of nitrogen functional groups attached to an aromatic ring is 1. The Kier molecular flexibility index (Phi) is 6.16. The zero-order valence-corrected chi connectivity index (χ0v) is 17.0. The summed E-state index contributed by atoms with van der Waals surface area (Å²) in [7, 11) is 4.92. The number of carbonyl (C=O) groups is 1. The van der Waals surface area contributed by atoms with E-state index in [1.165, 1.54) is 0 Å². The number of ether oxygens (including phenoxy) is 2. The Hall–Kier alpha value is -3.35. The van der Waals surface area contributed by atoms with Crippen molar-refractivity contribution in [1.82, 2.24) is 10.6 Å². The Morgan fingerprint density at radius 1 is 1.10 bits per heavy atom. The monoisotopic (exact) mass is 396 g/mol. The Labute approximate surface area is 171 Å². The highest BCUT2D eigenvalue weighted by Gasteiger charge is 2.23. The summed E-state index contributed by atoms with van der Waals surface area (Å²) in [5.74, 6) is 1.04. The average molecular weight is 396 g/mol. The summed E-state index contributed by atoms with van der Waals surface area (Å²) in [6, 6.07) is 11.4. The van der Waals surface area contributed by atoms with Crippen molar-refractivity contribution >= 4 is 17.3 Å². The van der Waals surface area contributed by atoms with Crippen LogP contribution in [0, 0.1) is 0 Å². The molecule has 0 radical (unpaired) electrons. The third-order valence-electron chi connectivity index (χ3n) is 5.28. The van der Waals surface area contributed by atoms with Crippen molar-refractivity contribution in [3.63, 3.8) is 0 Å². The van der Waals surface area contributed by atoms with Crippen LogP contribution in [0.3, 0.4) is 0 Å². The zero-order chi connectivity index (χ0) is 21.0. The van der Waals surface area contributed by atoms with Gasteiger partial charge in [0.2, 0.25) is 0 Å². The molecule has 1 saturated carbocycles. The van der Waals surface area contributed by atoms with Gasteiger partial charge in [0.25, 0.3) is 5.91 Å². The van der Waals surface area contributed by atoms with Gasteiger partial charge in [-0.05, 0) is 31.4 Å². The van der Waals surface area contributed by atoms with Gasteiger partial charge in [-0.15, -0.1) is 0 Å². The molecule has 0 unspecified atom stereocenters. The molecule has 6 N–H and O–H groups in total. The van der Waals surface area contributed by atoms with Crippen molar-refractivity contribution in [3.05, 3.63) is 47.7 Å². The normalized spacial score (nSPS) is 14.4. The van der Waals surface area contributed by atoms with Crippen LogP contribution in [0.15, 0.2) is 42.1 Å². The number of benzene rings is 2. The molecule has 154 valence electrons. The predicted octanol–water partition coefficient (Wildman–Crippen LogP) is 2.47. The first kappa shape index (κ1) is 20.4. The summed E-state index contributed by atoms with van der Waals surface area (Å²) < 4.78 is 10.8. The van der Waals surface area contributed by atoms with Crippen molar-refractivity contribution < 1.29 is 14.3 Å². The molecule has 0 atom stereocenters. The van der Waals surface area contributed by atoms with Gasteiger partial charge in [-0.2, -0.15) is 0 Å². The standard InChI is InChI=1S/C22H28N4O3/c1-25-21(20(24)22(27)26-13-6-4-7-13)17-9-5-8-16(19(17)23)15-11-10-14(28-2)12-18(15)29-3/h5,8-13,25H,4,6-7,23-24H2,1-3H3,(H,26,27)/b21-20+. The zero-order valence-electron chi connectivity index (χ0n) is 17.0. The van der Waals surface area contributed by atoms with Crippen LogP contribution < -0.4 is 31.6 Å². The van der Waals surface area contributed by atoms with Crippen molar-refractivity contribution in [1.29, 1.82) is 0 Å². The van der Waals surface area contributed by atoms with E-state index in [2.05, 4.69) is 10.6 Å². The maximum absolute atomic E-state index is 12.5. The summed E-state index contributed by atoms with van der Waals surface area (Å²) in [5, 5.41) is 6.00. The minimum Gasteiger partial charge on any atom is -0.497 e. The number of rotatable bonds is 7. The van der Waals surface area contributed by atoms with Crippen LogP contribution in [0.4, 0.5) is 5.69 Å². The number of nitrogens with two attached hydrogens (primary N) is 2. The highest BCUT2D eigenvalue weighted by atomic mass is 16.5. The van der Waals surface area contributed by atoms with Gasteiger partial charge in [0.15, 0.2) is 0 Å². The first-order valence-electron chi connectivity index (χ1n) is 9.59. The lowest BCUT2D eigenvalue weighted by Gasteiger charge is -2.27. The first-order valence-corrected chi connectivity index (χ1v) is 9.59. The van der Waals surface area contributed by atoms with Crippen LogP contribution in [0.2, 0.25) is 0 Å². The molecule has 0 saturated heterocycles. The molecule has 0 aliphatic heterocycles. The number of para-hydroxylation sites is 1. The molecule has 0 aromatic heterocycles. The minimum absolute atomic E-state index is 0.116. The van der Waals surface area contributed by atoms with Gasteiger partial charge >= 0.3 is 0 Å². The fourth-order valence-corrected chi connectivity index (χ4v) is 3.38. The maximum atomic E-state index is 12.5. The van der Waals surface area contributed by atoms with Crippen molar-refractivity contribution in [2.75, 3.05) is 27.0 Å². The highest BCUT2D eigenvalue weighted by Crippen LogP contribution is 2.38. The summed E-state index contributed by atoms with van der Waals surface area (Å²) in [6.45, 7) is 0. The van der Waals surface area contributed by atoms with Crippen molar-refractivity contribution in [2.24, 2.45) is 5.73 Å². The van der Waals surface area contributed by atoms with Crippen molar-refractivity contribution in [2.45, 2.75) is 25.3 Å². The molecule has 1 aliphatic carbocycles. The van der Waals surface area contributed by atoms with E-state index in [1.807, 2.05) is 30.3 Å². The van der Waals surface area contributed by atoms with Gasteiger partial charge in [-0.3, -0.25) is 4.79 Å². The van der Waals surface area contributed by atoms with E-state index in [0.29, 0.717) is 28.4 Å². The largest absolute Gasteiger partial charge is 0.497 e. The molecule has 1 fully saturated rings.